The van der Waals surface area contributed by atoms with Crippen LogP contribution in [-0.4, -0.2) is 13.7 Å². The van der Waals surface area contributed by atoms with Crippen molar-refractivity contribution in [2.75, 3.05) is 13.7 Å². The predicted octanol–water partition coefficient (Wildman–Crippen LogP) is 2.43. The monoisotopic (exact) mass is 190 g/mol. The Bertz CT molecular complexity index is 392. The Morgan fingerprint density at radius 2 is 2.14 bits per heavy atom. The molecule has 14 heavy (non-hydrogen) atoms. The molecule has 0 saturated heterocycles. The maximum absolute atomic E-state index is 5.69. The lowest BCUT2D eigenvalue weighted by Crippen LogP contribution is -2.08. The van der Waals surface area contributed by atoms with E-state index < -0.39 is 0 Å². The first kappa shape index (κ1) is 8.16. The molecule has 0 aromatic heterocycles. The molecule has 0 radical (unpaired) electrons. The molecule has 3 rings (SSSR count). The molecule has 0 unspecified atom stereocenters. The van der Waals surface area contributed by atoms with Gasteiger partial charge in [0.1, 0.15) is 11.5 Å². The fraction of sp³-hybridized carbons (Fsp3) is 0.500. The van der Waals surface area contributed by atoms with Gasteiger partial charge in [0.25, 0.3) is 0 Å². The lowest BCUT2D eigenvalue weighted by atomic mass is 9.95. The van der Waals surface area contributed by atoms with Crippen molar-refractivity contribution in [1.29, 1.82) is 0 Å². The number of hydrogen-bond acceptors (Lipinski definition) is 2. The largest absolute Gasteiger partial charge is 0.496 e. The fourth-order valence-corrected chi connectivity index (χ4v) is 2.39. The summed E-state index contributed by atoms with van der Waals surface area (Å²) in [7, 11) is 1.75. The third kappa shape index (κ3) is 0.861. The lowest BCUT2D eigenvalue weighted by Gasteiger charge is -2.12. The van der Waals surface area contributed by atoms with Gasteiger partial charge in [0, 0.05) is 11.0 Å². The lowest BCUT2D eigenvalue weighted by molar-refractivity contribution is 0.323. The van der Waals surface area contributed by atoms with Gasteiger partial charge in [-0.3, -0.25) is 0 Å². The maximum atomic E-state index is 5.69. The molecule has 2 nitrogen and oxygen atoms in total. The summed E-state index contributed by atoms with van der Waals surface area (Å²) >= 11 is 0. The summed E-state index contributed by atoms with van der Waals surface area (Å²) in [5, 5.41) is 0. The SMILES string of the molecule is COc1c(C)ccc2c1C1(CC1)CO2. The van der Waals surface area contributed by atoms with E-state index in [0.29, 0.717) is 5.41 Å². The van der Waals surface area contributed by atoms with Gasteiger partial charge in [-0.05, 0) is 31.4 Å². The molecule has 1 saturated carbocycles. The molecule has 2 aliphatic rings. The number of fused-ring (bicyclic) bond motifs is 2. The van der Waals surface area contributed by atoms with E-state index in [1.165, 1.54) is 24.0 Å². The standard InChI is InChI=1S/C12H14O2/c1-8-3-4-9-10(11(8)13-2)12(5-6-12)7-14-9/h3-4H,5-7H2,1-2H3. The first-order valence-electron chi connectivity index (χ1n) is 5.08. The average Bonchev–Trinajstić information content (AvgIpc) is 2.87. The summed E-state index contributed by atoms with van der Waals surface area (Å²) in [6.45, 7) is 2.94. The zero-order valence-electron chi connectivity index (χ0n) is 8.59. The van der Waals surface area contributed by atoms with Gasteiger partial charge < -0.3 is 9.47 Å². The van der Waals surface area contributed by atoms with Crippen molar-refractivity contribution in [3.63, 3.8) is 0 Å². The van der Waals surface area contributed by atoms with Gasteiger partial charge in [0.2, 0.25) is 0 Å². The van der Waals surface area contributed by atoms with Crippen molar-refractivity contribution in [1.82, 2.24) is 0 Å². The van der Waals surface area contributed by atoms with Crippen LogP contribution in [-0.2, 0) is 5.41 Å². The third-order valence-electron chi connectivity index (χ3n) is 3.41. The molecular formula is C12H14O2. The fourth-order valence-electron chi connectivity index (χ4n) is 2.39. The van der Waals surface area contributed by atoms with E-state index >= 15 is 0 Å². The first-order chi connectivity index (χ1) is 6.77. The highest BCUT2D eigenvalue weighted by Gasteiger charge is 2.52. The predicted molar refractivity (Wildman–Crippen MR) is 54.1 cm³/mol. The van der Waals surface area contributed by atoms with E-state index in [1.54, 1.807) is 7.11 Å². The van der Waals surface area contributed by atoms with Crippen molar-refractivity contribution in [3.8, 4) is 11.5 Å². The maximum Gasteiger partial charge on any atom is 0.129 e. The molecule has 1 aliphatic heterocycles. The molecule has 1 aromatic carbocycles. The summed E-state index contributed by atoms with van der Waals surface area (Å²) < 4.78 is 11.2. The van der Waals surface area contributed by atoms with Crippen molar-refractivity contribution < 1.29 is 9.47 Å². The quantitative estimate of drug-likeness (QED) is 0.677. The first-order valence-corrected chi connectivity index (χ1v) is 5.08. The van der Waals surface area contributed by atoms with Crippen LogP contribution in [0.3, 0.4) is 0 Å². The van der Waals surface area contributed by atoms with Gasteiger partial charge in [-0.2, -0.15) is 0 Å². The second-order valence-electron chi connectivity index (χ2n) is 4.36. The van der Waals surface area contributed by atoms with Crippen LogP contribution in [0.2, 0.25) is 0 Å². The van der Waals surface area contributed by atoms with E-state index in [9.17, 15) is 0 Å². The third-order valence-corrected chi connectivity index (χ3v) is 3.41. The van der Waals surface area contributed by atoms with Crippen LogP contribution in [0.1, 0.15) is 24.0 Å². The van der Waals surface area contributed by atoms with E-state index in [1.807, 2.05) is 0 Å². The molecule has 0 bridgehead atoms. The number of benzene rings is 1. The number of methoxy groups -OCH3 is 1. The van der Waals surface area contributed by atoms with E-state index in [4.69, 9.17) is 9.47 Å². The molecule has 1 spiro atoms. The molecule has 74 valence electrons. The summed E-state index contributed by atoms with van der Waals surface area (Å²) in [4.78, 5) is 0. The second-order valence-corrected chi connectivity index (χ2v) is 4.36. The number of hydrogen-bond donors (Lipinski definition) is 0. The normalized spacial score (nSPS) is 20.4. The minimum atomic E-state index is 0.312. The Kier molecular flexibility index (Phi) is 1.42. The average molecular weight is 190 g/mol. The van der Waals surface area contributed by atoms with Gasteiger partial charge >= 0.3 is 0 Å². The molecule has 1 aliphatic carbocycles. The van der Waals surface area contributed by atoms with Crippen LogP contribution in [0, 0.1) is 6.92 Å². The second kappa shape index (κ2) is 2.44. The van der Waals surface area contributed by atoms with Gasteiger partial charge in [0.15, 0.2) is 0 Å². The molecule has 0 atom stereocenters. The van der Waals surface area contributed by atoms with Crippen LogP contribution in [0.25, 0.3) is 0 Å². The molecule has 1 aromatic rings. The highest BCUT2D eigenvalue weighted by Crippen LogP contribution is 2.58. The minimum absolute atomic E-state index is 0.312. The Labute approximate surface area is 83.8 Å². The van der Waals surface area contributed by atoms with Crippen LogP contribution in [0.15, 0.2) is 12.1 Å². The van der Waals surface area contributed by atoms with Crippen LogP contribution in [0.4, 0.5) is 0 Å². The van der Waals surface area contributed by atoms with Crippen molar-refractivity contribution >= 4 is 0 Å². The van der Waals surface area contributed by atoms with Gasteiger partial charge in [-0.25, -0.2) is 0 Å². The van der Waals surface area contributed by atoms with E-state index in [2.05, 4.69) is 19.1 Å². The Morgan fingerprint density at radius 3 is 2.79 bits per heavy atom. The van der Waals surface area contributed by atoms with Gasteiger partial charge in [0.05, 0.1) is 13.7 Å². The molecule has 1 fully saturated rings. The van der Waals surface area contributed by atoms with Crippen molar-refractivity contribution in [2.24, 2.45) is 0 Å². The zero-order chi connectivity index (χ0) is 9.76. The Hall–Kier alpha value is -1.18. The Balaban J connectivity index is 2.24. The highest BCUT2D eigenvalue weighted by atomic mass is 16.5. The number of ether oxygens (including phenoxy) is 2. The molecule has 0 N–H and O–H groups in total. The van der Waals surface area contributed by atoms with Gasteiger partial charge in [-0.15, -0.1) is 0 Å². The van der Waals surface area contributed by atoms with E-state index in [0.717, 1.165) is 18.1 Å². The number of rotatable bonds is 1. The zero-order valence-corrected chi connectivity index (χ0v) is 8.59. The van der Waals surface area contributed by atoms with Crippen LogP contribution < -0.4 is 9.47 Å². The smallest absolute Gasteiger partial charge is 0.129 e. The van der Waals surface area contributed by atoms with Crippen LogP contribution >= 0.6 is 0 Å². The minimum Gasteiger partial charge on any atom is -0.496 e. The molecule has 0 amide bonds. The van der Waals surface area contributed by atoms with Gasteiger partial charge in [-0.1, -0.05) is 6.07 Å². The topological polar surface area (TPSA) is 18.5 Å². The molecule has 1 heterocycles. The molecular weight excluding hydrogens is 176 g/mol. The molecule has 2 heteroatoms. The van der Waals surface area contributed by atoms with E-state index in [-0.39, 0.29) is 0 Å². The summed E-state index contributed by atoms with van der Waals surface area (Å²) in [5.74, 6) is 2.07. The number of aryl methyl sites for hydroxylation is 1. The van der Waals surface area contributed by atoms with Crippen molar-refractivity contribution in [2.45, 2.75) is 25.2 Å². The van der Waals surface area contributed by atoms with Crippen LogP contribution in [0.5, 0.6) is 11.5 Å². The summed E-state index contributed by atoms with van der Waals surface area (Å²) in [5.41, 5.74) is 2.84. The summed E-state index contributed by atoms with van der Waals surface area (Å²) in [6, 6.07) is 4.14. The highest BCUT2D eigenvalue weighted by molar-refractivity contribution is 5.58. The van der Waals surface area contributed by atoms with Crippen molar-refractivity contribution in [3.05, 3.63) is 23.3 Å². The summed E-state index contributed by atoms with van der Waals surface area (Å²) in [6.07, 6.45) is 2.50. The Morgan fingerprint density at radius 1 is 1.36 bits per heavy atom.